The molecular weight excluding hydrogens is 723 g/mol. The van der Waals surface area contributed by atoms with Crippen LogP contribution in [0.1, 0.15) is 48.5 Å². The number of H-pyrrole nitrogens is 1. The number of guanidine groups is 8. The molecule has 0 bridgehead atoms. The van der Waals surface area contributed by atoms with Crippen molar-refractivity contribution < 1.29 is 0 Å². The van der Waals surface area contributed by atoms with Crippen LogP contribution in [0.3, 0.4) is 0 Å². The highest BCUT2D eigenvalue weighted by Gasteiger charge is 2.39. The van der Waals surface area contributed by atoms with Crippen LogP contribution < -0.4 is 55.3 Å². The second-order valence-electron chi connectivity index (χ2n) is 14.9. The number of aliphatic imine (C=N–C) groups is 7. The standard InChI is InChI=1S/C10H21N5.C7H15N5.C6H13N5.C4H9N5.C4H11N5/c1-9(2)10(3,4)14-8(15(5)6)12-7(11)13-9;1-7(2)10-5(8)9-6(11-7)12(3)4;1-4-8-5(7)10-6(9-4)11(2)3;1-9(2)4-6-3(5)7-8-4;1-9(2)4(7)8-3(5)6/h1-6H3,(H3,11,12,13,14);1-4H3,(H3,8,9,10,11);4H,1-3H3,(H3,7,8,9,10);1-2H3,(H3,5,6,7,8);1-2H3,(H5,5,6,7,8). The molecule has 0 saturated carbocycles. The van der Waals surface area contributed by atoms with Crippen LogP contribution in [0.2, 0.25) is 0 Å². The molecule has 56 heavy (non-hydrogen) atoms. The first-order valence-electron chi connectivity index (χ1n) is 17.2. The summed E-state index contributed by atoms with van der Waals surface area (Å²) >= 11 is 0. The van der Waals surface area contributed by atoms with E-state index in [0.29, 0.717) is 41.7 Å². The number of anilines is 2. The number of nitrogen functional groups attached to an aromatic ring is 1. The van der Waals surface area contributed by atoms with Crippen LogP contribution in [0.5, 0.6) is 0 Å². The zero-order valence-corrected chi connectivity index (χ0v) is 36.3. The van der Waals surface area contributed by atoms with Crippen LogP contribution in [0.25, 0.3) is 0 Å². The topological polar surface area (TPSA) is 360 Å². The molecule has 17 N–H and O–H groups in total. The maximum Gasteiger partial charge on any atom is 0.245 e. The fraction of sp³-hybridized carbons (Fsp3) is 0.677. The van der Waals surface area contributed by atoms with E-state index in [-0.39, 0.29) is 34.8 Å². The van der Waals surface area contributed by atoms with Gasteiger partial charge >= 0.3 is 0 Å². The Hall–Kier alpha value is -6.30. The van der Waals surface area contributed by atoms with E-state index < -0.39 is 0 Å². The minimum Gasteiger partial charge on any atom is -0.370 e. The van der Waals surface area contributed by atoms with Crippen LogP contribution in [-0.2, 0) is 0 Å². The molecular formula is C31H69N25. The molecule has 4 rings (SSSR count). The third-order valence-corrected chi connectivity index (χ3v) is 7.29. The van der Waals surface area contributed by atoms with E-state index in [0.717, 1.165) is 5.96 Å². The van der Waals surface area contributed by atoms with Crippen molar-refractivity contribution >= 4 is 59.6 Å². The minimum atomic E-state index is -0.356. The van der Waals surface area contributed by atoms with Gasteiger partial charge in [0.15, 0.2) is 23.8 Å². The largest absolute Gasteiger partial charge is 0.370 e. The number of hydrogen-bond donors (Lipinski definition) is 11. The van der Waals surface area contributed by atoms with Crippen LogP contribution in [-0.4, -0.2) is 176 Å². The maximum atomic E-state index is 6.70. The Morgan fingerprint density at radius 3 is 1.54 bits per heavy atom. The highest BCUT2D eigenvalue weighted by Crippen LogP contribution is 2.27. The summed E-state index contributed by atoms with van der Waals surface area (Å²) in [5.74, 6) is 4.22. The number of nitrogens with two attached hydrogens (primary N) is 6. The maximum absolute atomic E-state index is 6.70. The molecule has 1 aromatic rings. The summed E-state index contributed by atoms with van der Waals surface area (Å²) in [7, 11) is 18.5. The molecule has 318 valence electrons. The molecule has 3 aliphatic heterocycles. The van der Waals surface area contributed by atoms with Gasteiger partial charge in [-0.25, -0.2) is 25.1 Å². The number of aromatic nitrogens is 3. The molecule has 1 aromatic heterocycles. The summed E-state index contributed by atoms with van der Waals surface area (Å²) in [6.07, 6.45) is -0.0753. The Bertz CT molecular complexity index is 1630. The van der Waals surface area contributed by atoms with E-state index in [9.17, 15) is 0 Å². The smallest absolute Gasteiger partial charge is 0.245 e. The zero-order chi connectivity index (χ0) is 43.9. The van der Waals surface area contributed by atoms with Crippen molar-refractivity contribution in [3.63, 3.8) is 0 Å². The van der Waals surface area contributed by atoms with E-state index in [4.69, 9.17) is 39.8 Å². The van der Waals surface area contributed by atoms with Gasteiger partial charge in [-0.3, -0.25) is 10.7 Å². The molecule has 0 spiro atoms. The molecule has 0 aromatic carbocycles. The summed E-state index contributed by atoms with van der Waals surface area (Å²) in [6, 6.07) is 0. The van der Waals surface area contributed by atoms with Gasteiger partial charge in [0, 0.05) is 70.5 Å². The molecule has 1 unspecified atom stereocenters. The van der Waals surface area contributed by atoms with Gasteiger partial charge in [-0.1, -0.05) is 0 Å². The first kappa shape index (κ1) is 49.7. The highest BCUT2D eigenvalue weighted by molar-refractivity contribution is 5.99. The van der Waals surface area contributed by atoms with E-state index in [1.165, 1.54) is 0 Å². The third kappa shape index (κ3) is 18.2. The van der Waals surface area contributed by atoms with Crippen molar-refractivity contribution in [3.8, 4) is 0 Å². The van der Waals surface area contributed by atoms with Gasteiger partial charge in [0.1, 0.15) is 11.8 Å². The predicted molar refractivity (Wildman–Crippen MR) is 232 cm³/mol. The normalized spacial score (nSPS) is 18.6. The second kappa shape index (κ2) is 21.0. The Labute approximate surface area is 331 Å². The van der Waals surface area contributed by atoms with Gasteiger partial charge in [0.2, 0.25) is 35.7 Å². The van der Waals surface area contributed by atoms with Crippen molar-refractivity contribution in [3.05, 3.63) is 0 Å². The van der Waals surface area contributed by atoms with Crippen LogP contribution in [0.4, 0.5) is 11.9 Å². The van der Waals surface area contributed by atoms with Crippen LogP contribution in [0.15, 0.2) is 34.9 Å². The predicted octanol–water partition coefficient (Wildman–Crippen LogP) is -2.69. The summed E-state index contributed by atoms with van der Waals surface area (Å²) in [6.45, 7) is 14.0. The molecule has 25 heteroatoms. The lowest BCUT2D eigenvalue weighted by Gasteiger charge is -2.38. The molecule has 1 atom stereocenters. The van der Waals surface area contributed by atoms with E-state index >= 15 is 0 Å². The molecule has 4 heterocycles. The summed E-state index contributed by atoms with van der Waals surface area (Å²) in [5.41, 5.74) is 31.5. The monoisotopic (exact) mass is 792 g/mol. The van der Waals surface area contributed by atoms with E-state index in [2.05, 4.69) is 93.8 Å². The lowest BCUT2D eigenvalue weighted by Crippen LogP contribution is -2.57. The number of nitrogens with zero attached hydrogens (tertiary/aromatic N) is 14. The van der Waals surface area contributed by atoms with Crippen molar-refractivity contribution in [2.45, 2.75) is 71.4 Å². The minimum absolute atomic E-state index is 0.0753. The molecule has 25 nitrogen and oxygen atoms in total. The van der Waals surface area contributed by atoms with Crippen LogP contribution >= 0.6 is 0 Å². The quantitative estimate of drug-likeness (QED) is 0.102. The molecule has 0 aliphatic carbocycles. The molecule has 0 saturated heterocycles. The van der Waals surface area contributed by atoms with Gasteiger partial charge in [0.05, 0.1) is 11.1 Å². The number of aromatic amines is 1. The zero-order valence-electron chi connectivity index (χ0n) is 36.3. The lowest BCUT2D eigenvalue weighted by molar-refractivity contribution is 0.280. The first-order valence-corrected chi connectivity index (χ1v) is 17.2. The number of nitrogens with one attached hydrogen (secondary N) is 5. The summed E-state index contributed by atoms with van der Waals surface area (Å²) in [5, 5.41) is 22.0. The van der Waals surface area contributed by atoms with Gasteiger partial charge in [0.25, 0.3) is 0 Å². The van der Waals surface area contributed by atoms with Gasteiger partial charge in [-0.2, -0.15) is 20.0 Å². The Balaban J connectivity index is 0.000000685. The van der Waals surface area contributed by atoms with Gasteiger partial charge < -0.3 is 69.5 Å². The Morgan fingerprint density at radius 2 is 1.20 bits per heavy atom. The molecule has 0 amide bonds. The first-order chi connectivity index (χ1) is 25.4. The fourth-order valence-electron chi connectivity index (χ4n) is 3.68. The lowest BCUT2D eigenvalue weighted by atomic mass is 9.83. The SMILES string of the molecule is CC1N=C(N)NC(N(C)C)=N1.CN(C)C(N)=NC(=N)N.CN(C)C1=NC(C)(C)C(C)(C)NC(N)=N1.CN(C)C1=NC(C)(C)NC(N)=N1.CN(C)c1n[nH]c(N)n1. The van der Waals surface area contributed by atoms with Crippen molar-refractivity contribution in [1.29, 1.82) is 5.41 Å². The number of hydrogen-bond acceptors (Lipinski definition) is 20. The molecule has 3 aliphatic rings. The fourth-order valence-corrected chi connectivity index (χ4v) is 3.68. The summed E-state index contributed by atoms with van der Waals surface area (Å²) in [4.78, 5) is 41.6. The second-order valence-corrected chi connectivity index (χ2v) is 14.9. The van der Waals surface area contributed by atoms with E-state index in [1.54, 1.807) is 23.9 Å². The van der Waals surface area contributed by atoms with Gasteiger partial charge in [-0.05, 0) is 48.5 Å². The Morgan fingerprint density at radius 1 is 0.696 bits per heavy atom. The average molecular weight is 792 g/mol. The van der Waals surface area contributed by atoms with Gasteiger partial charge in [-0.15, -0.1) is 5.10 Å². The number of rotatable bonds is 1. The van der Waals surface area contributed by atoms with Crippen molar-refractivity contribution in [1.82, 2.24) is 50.7 Å². The average Bonchev–Trinajstić information content (AvgIpc) is 3.43. The molecule has 0 fully saturated rings. The Kier molecular flexibility index (Phi) is 18.6. The van der Waals surface area contributed by atoms with Crippen LogP contribution in [0, 0.1) is 5.41 Å². The highest BCUT2D eigenvalue weighted by atomic mass is 15.4. The third-order valence-electron chi connectivity index (χ3n) is 7.29. The van der Waals surface area contributed by atoms with Crippen molar-refractivity contribution in [2.24, 2.45) is 63.6 Å². The van der Waals surface area contributed by atoms with Crippen molar-refractivity contribution in [2.75, 3.05) is 81.1 Å². The van der Waals surface area contributed by atoms with E-state index in [1.807, 2.05) is 91.9 Å². The summed E-state index contributed by atoms with van der Waals surface area (Å²) < 4.78 is 0. The molecule has 0 radical (unpaired) electrons.